The lowest BCUT2D eigenvalue weighted by atomic mass is 10.0. The topological polar surface area (TPSA) is 99.2 Å². The van der Waals surface area contributed by atoms with E-state index in [1.165, 1.54) is 13.1 Å². The first-order chi connectivity index (χ1) is 7.00. The number of hydrogen-bond donors (Lipinski definition) is 4. The van der Waals surface area contributed by atoms with Crippen molar-refractivity contribution in [1.82, 2.24) is 5.32 Å². The van der Waals surface area contributed by atoms with Gasteiger partial charge >= 0.3 is 5.97 Å². The lowest BCUT2D eigenvalue weighted by Crippen LogP contribution is -2.44. The monoisotopic (exact) mass is 211 g/mol. The Morgan fingerprint density at radius 1 is 1.67 bits per heavy atom. The van der Waals surface area contributed by atoms with Crippen LogP contribution in [0.2, 0.25) is 0 Å². The van der Waals surface area contributed by atoms with Crippen molar-refractivity contribution in [3.63, 3.8) is 0 Å². The number of aliphatic carboxylic acids is 1. The van der Waals surface area contributed by atoms with Crippen LogP contribution < -0.4 is 11.1 Å². The van der Waals surface area contributed by atoms with Crippen molar-refractivity contribution in [2.45, 2.75) is 25.3 Å². The molecular weight excluding hydrogens is 194 g/mol. The Hall–Kier alpha value is -1.38. The Morgan fingerprint density at radius 3 is 2.87 bits per heavy atom. The maximum absolute atomic E-state index is 10.6. The summed E-state index contributed by atoms with van der Waals surface area (Å²) in [7, 11) is 0. The van der Waals surface area contributed by atoms with Crippen LogP contribution in [-0.2, 0) is 4.79 Å². The molecule has 84 valence electrons. The van der Waals surface area contributed by atoms with Crippen LogP contribution in [0.15, 0.2) is 0 Å². The lowest BCUT2D eigenvalue weighted by Gasteiger charge is -2.14. The van der Waals surface area contributed by atoms with E-state index in [2.05, 4.69) is 17.2 Å². The number of carboxylic acid groups (broad SMARTS) is 1. The predicted octanol–water partition coefficient (Wildman–Crippen LogP) is -0.189. The molecule has 15 heavy (non-hydrogen) atoms. The fourth-order valence-corrected chi connectivity index (χ4v) is 0.735. The molecule has 0 bridgehead atoms. The molecule has 0 radical (unpaired) electrons. The van der Waals surface area contributed by atoms with E-state index >= 15 is 0 Å². The summed E-state index contributed by atoms with van der Waals surface area (Å²) in [5.41, 5.74) is 4.21. The van der Waals surface area contributed by atoms with Crippen molar-refractivity contribution >= 4 is 12.2 Å². The molecule has 0 aromatic rings. The molecule has 5 nitrogen and oxygen atoms in total. The SMILES string of the molecule is C[C@](N)(CC#CCCNCC=N)C(=O)O. The van der Waals surface area contributed by atoms with Gasteiger partial charge in [-0.05, 0) is 6.92 Å². The third-order valence-corrected chi connectivity index (χ3v) is 1.74. The van der Waals surface area contributed by atoms with Gasteiger partial charge in [-0.15, -0.1) is 11.8 Å². The molecule has 0 aromatic heterocycles. The van der Waals surface area contributed by atoms with Crippen molar-refractivity contribution in [2.75, 3.05) is 13.1 Å². The van der Waals surface area contributed by atoms with Crippen molar-refractivity contribution in [1.29, 1.82) is 5.41 Å². The van der Waals surface area contributed by atoms with Gasteiger partial charge in [-0.25, -0.2) is 0 Å². The molecule has 0 saturated heterocycles. The number of rotatable bonds is 6. The van der Waals surface area contributed by atoms with Crippen molar-refractivity contribution in [3.8, 4) is 11.8 Å². The summed E-state index contributed by atoms with van der Waals surface area (Å²) in [6, 6.07) is 0. The van der Waals surface area contributed by atoms with Gasteiger partial charge in [-0.3, -0.25) is 4.79 Å². The van der Waals surface area contributed by atoms with E-state index in [0.29, 0.717) is 19.5 Å². The summed E-state index contributed by atoms with van der Waals surface area (Å²) in [4.78, 5) is 10.6. The molecule has 5 heteroatoms. The van der Waals surface area contributed by atoms with Crippen LogP contribution in [0, 0.1) is 17.3 Å². The second-order valence-electron chi connectivity index (χ2n) is 3.41. The number of nitrogens with one attached hydrogen (secondary N) is 2. The molecule has 1 atom stereocenters. The van der Waals surface area contributed by atoms with Gasteiger partial charge in [-0.1, -0.05) is 0 Å². The number of hydrogen-bond acceptors (Lipinski definition) is 4. The van der Waals surface area contributed by atoms with Crippen LogP contribution in [0.4, 0.5) is 0 Å². The first-order valence-corrected chi connectivity index (χ1v) is 4.68. The molecule has 0 unspecified atom stereocenters. The van der Waals surface area contributed by atoms with Gasteiger partial charge in [0.15, 0.2) is 0 Å². The average molecular weight is 211 g/mol. The predicted molar refractivity (Wildman–Crippen MR) is 58.9 cm³/mol. The summed E-state index contributed by atoms with van der Waals surface area (Å²) in [6.45, 7) is 2.67. The second-order valence-corrected chi connectivity index (χ2v) is 3.41. The Labute approximate surface area is 89.6 Å². The largest absolute Gasteiger partial charge is 0.480 e. The molecule has 0 aliphatic heterocycles. The smallest absolute Gasteiger partial charge is 0.324 e. The zero-order chi connectivity index (χ0) is 11.7. The second kappa shape index (κ2) is 6.98. The Balaban J connectivity index is 3.71. The third-order valence-electron chi connectivity index (χ3n) is 1.74. The molecule has 0 heterocycles. The summed E-state index contributed by atoms with van der Waals surface area (Å²) in [5, 5.41) is 18.4. The average Bonchev–Trinajstić information content (AvgIpc) is 2.16. The highest BCUT2D eigenvalue weighted by atomic mass is 16.4. The minimum absolute atomic E-state index is 0.146. The minimum Gasteiger partial charge on any atom is -0.480 e. The van der Waals surface area contributed by atoms with Crippen LogP contribution in [-0.4, -0.2) is 35.9 Å². The van der Waals surface area contributed by atoms with E-state index in [0.717, 1.165) is 0 Å². The first-order valence-electron chi connectivity index (χ1n) is 4.68. The zero-order valence-electron chi connectivity index (χ0n) is 8.84. The number of nitrogens with two attached hydrogens (primary N) is 1. The normalized spacial score (nSPS) is 13.5. The molecule has 0 fully saturated rings. The van der Waals surface area contributed by atoms with E-state index in [1.54, 1.807) is 0 Å². The van der Waals surface area contributed by atoms with E-state index in [1.807, 2.05) is 0 Å². The van der Waals surface area contributed by atoms with Crippen molar-refractivity contribution in [3.05, 3.63) is 0 Å². The molecule has 0 aliphatic carbocycles. The maximum atomic E-state index is 10.6. The molecule has 0 saturated carbocycles. The van der Waals surface area contributed by atoms with Gasteiger partial charge in [0.1, 0.15) is 5.54 Å². The van der Waals surface area contributed by atoms with Gasteiger partial charge in [0.05, 0.1) is 0 Å². The molecular formula is C10H17N3O2. The van der Waals surface area contributed by atoms with E-state index in [-0.39, 0.29) is 6.42 Å². The molecule has 0 spiro atoms. The number of carbonyl (C=O) groups is 1. The Bertz CT molecular complexity index is 276. The summed E-state index contributed by atoms with van der Waals surface area (Å²) >= 11 is 0. The molecule has 5 N–H and O–H groups in total. The lowest BCUT2D eigenvalue weighted by molar-refractivity contribution is -0.142. The van der Waals surface area contributed by atoms with Crippen LogP contribution in [0.25, 0.3) is 0 Å². The quantitative estimate of drug-likeness (QED) is 0.278. The van der Waals surface area contributed by atoms with Gasteiger partial charge in [0.2, 0.25) is 0 Å². The highest BCUT2D eigenvalue weighted by Crippen LogP contribution is 2.03. The van der Waals surface area contributed by atoms with Gasteiger partial charge in [0.25, 0.3) is 0 Å². The van der Waals surface area contributed by atoms with Crippen LogP contribution in [0.5, 0.6) is 0 Å². The number of carboxylic acids is 1. The summed E-state index contributed by atoms with van der Waals surface area (Å²) < 4.78 is 0. The summed E-state index contributed by atoms with van der Waals surface area (Å²) in [5.74, 6) is 4.51. The highest BCUT2D eigenvalue weighted by Gasteiger charge is 2.26. The van der Waals surface area contributed by atoms with Crippen LogP contribution in [0.3, 0.4) is 0 Å². The molecule has 0 aliphatic rings. The zero-order valence-corrected chi connectivity index (χ0v) is 8.84. The van der Waals surface area contributed by atoms with Gasteiger partial charge in [-0.2, -0.15) is 0 Å². The van der Waals surface area contributed by atoms with Crippen molar-refractivity contribution in [2.24, 2.45) is 5.73 Å². The first kappa shape index (κ1) is 13.6. The standard InChI is InChI=1S/C10H17N3O2/c1-10(12,9(14)15)5-3-2-4-7-13-8-6-11/h6,11,13H,4-5,7-8,12H2,1H3,(H,14,15)/t10-/m0/s1. The molecule has 0 aromatic carbocycles. The highest BCUT2D eigenvalue weighted by molar-refractivity contribution is 5.78. The van der Waals surface area contributed by atoms with E-state index < -0.39 is 11.5 Å². The fraction of sp³-hybridized carbons (Fsp3) is 0.600. The van der Waals surface area contributed by atoms with Crippen LogP contribution >= 0.6 is 0 Å². The van der Waals surface area contributed by atoms with E-state index in [4.69, 9.17) is 16.2 Å². The molecule has 0 amide bonds. The molecule has 0 rings (SSSR count). The van der Waals surface area contributed by atoms with Gasteiger partial charge < -0.3 is 21.6 Å². The van der Waals surface area contributed by atoms with Crippen LogP contribution in [0.1, 0.15) is 19.8 Å². The Kier molecular flexibility index (Phi) is 6.34. The van der Waals surface area contributed by atoms with E-state index in [9.17, 15) is 4.79 Å². The summed E-state index contributed by atoms with van der Waals surface area (Å²) in [6.07, 6.45) is 2.05. The Morgan fingerprint density at radius 2 is 2.33 bits per heavy atom. The maximum Gasteiger partial charge on any atom is 0.324 e. The van der Waals surface area contributed by atoms with Gasteiger partial charge in [0, 0.05) is 32.1 Å². The van der Waals surface area contributed by atoms with Crippen molar-refractivity contribution < 1.29 is 9.90 Å². The fourth-order valence-electron chi connectivity index (χ4n) is 0.735. The minimum atomic E-state index is -1.27. The third kappa shape index (κ3) is 6.66.